The van der Waals surface area contributed by atoms with E-state index in [1.807, 2.05) is 0 Å². The van der Waals surface area contributed by atoms with Crippen molar-refractivity contribution in [3.8, 4) is 67.0 Å². The molecule has 3 nitrogen and oxygen atoms in total. The molecule has 0 amide bonds. The van der Waals surface area contributed by atoms with Gasteiger partial charge in [0, 0.05) is 44.4 Å². The van der Waals surface area contributed by atoms with E-state index in [9.17, 15) is 0 Å². The summed E-state index contributed by atoms with van der Waals surface area (Å²) in [5, 5.41) is 7.75. The highest BCUT2D eigenvalue weighted by atomic mass is 15.2. The van der Waals surface area contributed by atoms with E-state index in [2.05, 4.69) is 260 Å². The van der Waals surface area contributed by atoms with Gasteiger partial charge in [-0.05, 0) is 86.3 Å². The van der Waals surface area contributed by atoms with Gasteiger partial charge in [-0.2, -0.15) is 5.10 Å². The highest BCUT2D eigenvalue weighted by Gasteiger charge is 2.36. The first kappa shape index (κ1) is 38.4. The van der Waals surface area contributed by atoms with Gasteiger partial charge in [0.25, 0.3) is 0 Å². The molecule has 1 aliphatic rings. The lowest BCUT2D eigenvalue weighted by molar-refractivity contribution is 0.660. The summed E-state index contributed by atoms with van der Waals surface area (Å²) < 4.78 is 2.18. The number of hydrogen-bond acceptors (Lipinski definition) is 2. The fraction of sp³-hybridized carbons (Fsp3) is 0.0484. The number of benzene rings is 9. The van der Waals surface area contributed by atoms with Crippen molar-refractivity contribution in [3.05, 3.63) is 248 Å². The van der Waals surface area contributed by atoms with E-state index in [4.69, 9.17) is 5.10 Å². The van der Waals surface area contributed by atoms with Crippen LogP contribution in [0.5, 0.6) is 0 Å². The molecule has 0 spiro atoms. The van der Waals surface area contributed by atoms with Gasteiger partial charge < -0.3 is 4.90 Å². The van der Waals surface area contributed by atoms with E-state index < -0.39 is 0 Å². The Bertz CT molecular complexity index is 3550. The second kappa shape index (κ2) is 15.5. The molecule has 65 heavy (non-hydrogen) atoms. The molecule has 0 fully saturated rings. The van der Waals surface area contributed by atoms with Gasteiger partial charge in [-0.1, -0.05) is 214 Å². The van der Waals surface area contributed by atoms with E-state index in [1.165, 1.54) is 38.9 Å². The molecule has 0 radical (unpaired) electrons. The van der Waals surface area contributed by atoms with Gasteiger partial charge in [-0.3, -0.25) is 0 Å². The van der Waals surface area contributed by atoms with Crippen LogP contribution in [0.2, 0.25) is 0 Å². The summed E-state index contributed by atoms with van der Waals surface area (Å²) in [5.41, 5.74) is 20.7. The van der Waals surface area contributed by atoms with Crippen LogP contribution >= 0.6 is 0 Å². The Hall–Kier alpha value is -8.27. The number of para-hydroxylation sites is 1. The molecule has 0 N–H and O–H groups in total. The molecule has 2 heterocycles. The third-order valence-corrected chi connectivity index (χ3v) is 13.4. The third-order valence-electron chi connectivity index (χ3n) is 13.4. The predicted octanol–water partition coefficient (Wildman–Crippen LogP) is 16.6. The number of hydrogen-bond donors (Lipinski definition) is 0. The molecule has 9 aromatic carbocycles. The summed E-state index contributed by atoms with van der Waals surface area (Å²) in [4.78, 5) is 2.48. The monoisotopic (exact) mass is 831 g/mol. The highest BCUT2D eigenvalue weighted by molar-refractivity contribution is 6.10. The first-order chi connectivity index (χ1) is 32.0. The third kappa shape index (κ3) is 6.39. The molecular formula is C62H45N3. The van der Waals surface area contributed by atoms with Gasteiger partial charge in [0.1, 0.15) is 5.69 Å². The van der Waals surface area contributed by atoms with Crippen LogP contribution in [0.3, 0.4) is 0 Å². The Morgan fingerprint density at radius 2 is 0.923 bits per heavy atom. The summed E-state index contributed by atoms with van der Waals surface area (Å²) in [6, 6.07) is 85.8. The van der Waals surface area contributed by atoms with Crippen LogP contribution in [0, 0.1) is 0 Å². The second-order valence-corrected chi connectivity index (χ2v) is 17.5. The van der Waals surface area contributed by atoms with Crippen LogP contribution in [0.25, 0.3) is 83.3 Å². The molecule has 0 bridgehead atoms. The zero-order valence-corrected chi connectivity index (χ0v) is 36.4. The summed E-state index contributed by atoms with van der Waals surface area (Å²) in [6.07, 6.45) is 0. The molecule has 0 saturated carbocycles. The van der Waals surface area contributed by atoms with Gasteiger partial charge in [0.05, 0.1) is 16.9 Å². The standard InChI is InChI=1S/C62H45N3/c1-62(2)55-33-19-17-31-52(55)53-38-36-48(41-56(53)62)64(57-34-20-18-32-54(57)51-30-16-15-29-49(51)42-21-7-3-8-22-42)47-35-37-50-46(39-47)40-58(43-23-9-4-10-24-43)65-61(50)59(44-25-11-5-12-26-44)60(63-65)45-27-13-6-14-28-45/h3-41H,1-2H3. The largest absolute Gasteiger partial charge is 0.310 e. The first-order valence-electron chi connectivity index (χ1n) is 22.5. The van der Waals surface area contributed by atoms with Gasteiger partial charge >= 0.3 is 0 Å². The minimum atomic E-state index is -0.168. The van der Waals surface area contributed by atoms with Crippen LogP contribution in [-0.4, -0.2) is 9.61 Å². The fourth-order valence-corrected chi connectivity index (χ4v) is 10.3. The lowest BCUT2D eigenvalue weighted by Gasteiger charge is -2.30. The average Bonchev–Trinajstić information content (AvgIpc) is 3.88. The Morgan fingerprint density at radius 1 is 0.400 bits per heavy atom. The zero-order valence-electron chi connectivity index (χ0n) is 36.4. The number of fused-ring (bicyclic) bond motifs is 6. The summed E-state index contributed by atoms with van der Waals surface area (Å²) in [7, 11) is 0. The van der Waals surface area contributed by atoms with Gasteiger partial charge in [-0.25, -0.2) is 4.52 Å². The number of nitrogens with zero attached hydrogens (tertiary/aromatic N) is 3. The van der Waals surface area contributed by atoms with Crippen molar-refractivity contribution in [1.29, 1.82) is 0 Å². The van der Waals surface area contributed by atoms with Crippen molar-refractivity contribution < 1.29 is 0 Å². The van der Waals surface area contributed by atoms with Crippen molar-refractivity contribution in [3.63, 3.8) is 0 Å². The molecule has 3 heteroatoms. The van der Waals surface area contributed by atoms with Crippen molar-refractivity contribution in [2.75, 3.05) is 4.90 Å². The van der Waals surface area contributed by atoms with E-state index in [0.29, 0.717) is 0 Å². The minimum Gasteiger partial charge on any atom is -0.310 e. The number of aromatic nitrogens is 2. The van der Waals surface area contributed by atoms with Crippen LogP contribution in [0.4, 0.5) is 17.1 Å². The molecule has 308 valence electrons. The lowest BCUT2D eigenvalue weighted by atomic mass is 9.82. The van der Waals surface area contributed by atoms with Gasteiger partial charge in [0.15, 0.2) is 0 Å². The summed E-state index contributed by atoms with van der Waals surface area (Å²) in [5.74, 6) is 0. The topological polar surface area (TPSA) is 20.5 Å². The molecular weight excluding hydrogens is 787 g/mol. The molecule has 2 aromatic heterocycles. The van der Waals surface area contributed by atoms with Crippen molar-refractivity contribution in [2.45, 2.75) is 19.3 Å². The molecule has 12 rings (SSSR count). The maximum absolute atomic E-state index is 5.49. The Kier molecular flexibility index (Phi) is 9.17. The average molecular weight is 832 g/mol. The van der Waals surface area contributed by atoms with Crippen LogP contribution in [0.1, 0.15) is 25.0 Å². The molecule has 0 saturated heterocycles. The number of pyridine rings is 1. The molecule has 11 aromatic rings. The number of anilines is 3. The van der Waals surface area contributed by atoms with E-state index in [1.54, 1.807) is 0 Å². The van der Waals surface area contributed by atoms with E-state index in [-0.39, 0.29) is 5.41 Å². The minimum absolute atomic E-state index is 0.168. The van der Waals surface area contributed by atoms with Crippen molar-refractivity contribution in [2.24, 2.45) is 0 Å². The molecule has 1 aliphatic carbocycles. The lowest BCUT2D eigenvalue weighted by Crippen LogP contribution is -2.17. The SMILES string of the molecule is CC1(C)c2ccccc2-c2ccc(N(c3ccc4c(c3)cc(-c3ccccc3)n3nc(-c5ccccc5)c(-c5ccccc5)c43)c3ccccc3-c3ccccc3-c3ccccc3)cc21. The fourth-order valence-electron chi connectivity index (χ4n) is 10.3. The smallest absolute Gasteiger partial charge is 0.101 e. The second-order valence-electron chi connectivity index (χ2n) is 17.5. The zero-order chi connectivity index (χ0) is 43.5. The van der Waals surface area contributed by atoms with Gasteiger partial charge in [-0.15, -0.1) is 0 Å². The van der Waals surface area contributed by atoms with Crippen molar-refractivity contribution in [1.82, 2.24) is 9.61 Å². The molecule has 0 atom stereocenters. The van der Waals surface area contributed by atoms with E-state index >= 15 is 0 Å². The van der Waals surface area contributed by atoms with Crippen molar-refractivity contribution >= 4 is 33.4 Å². The van der Waals surface area contributed by atoms with Crippen LogP contribution < -0.4 is 4.90 Å². The highest BCUT2D eigenvalue weighted by Crippen LogP contribution is 2.52. The summed E-state index contributed by atoms with van der Waals surface area (Å²) in [6.45, 7) is 4.73. The summed E-state index contributed by atoms with van der Waals surface area (Å²) >= 11 is 0. The Labute approximate surface area is 380 Å². The Morgan fingerprint density at radius 3 is 1.63 bits per heavy atom. The first-order valence-corrected chi connectivity index (χ1v) is 22.5. The van der Waals surface area contributed by atoms with Crippen LogP contribution in [0.15, 0.2) is 237 Å². The normalized spacial score (nSPS) is 12.6. The van der Waals surface area contributed by atoms with Gasteiger partial charge in [0.2, 0.25) is 0 Å². The maximum atomic E-state index is 5.49. The van der Waals surface area contributed by atoms with Crippen LogP contribution in [-0.2, 0) is 5.41 Å². The number of rotatable bonds is 8. The van der Waals surface area contributed by atoms with E-state index in [0.717, 1.165) is 72.6 Å². The molecule has 0 unspecified atom stereocenters. The predicted molar refractivity (Wildman–Crippen MR) is 272 cm³/mol. The maximum Gasteiger partial charge on any atom is 0.101 e. The quantitative estimate of drug-likeness (QED) is 0.152. The molecule has 0 aliphatic heterocycles. The Balaban J connectivity index is 1.14.